The lowest BCUT2D eigenvalue weighted by Gasteiger charge is -2.09. The second-order valence-electron chi connectivity index (χ2n) is 5.23. The van der Waals surface area contributed by atoms with Crippen LogP contribution >= 0.6 is 27.3 Å². The fourth-order valence-corrected chi connectivity index (χ4v) is 3.29. The van der Waals surface area contributed by atoms with Crippen molar-refractivity contribution in [2.75, 3.05) is 0 Å². The Kier molecular flexibility index (Phi) is 4.88. The second-order valence-corrected chi connectivity index (χ2v) is 6.98. The van der Waals surface area contributed by atoms with E-state index in [2.05, 4.69) is 60.3 Å². The maximum Gasteiger partial charge on any atom is 0.215 e. The Morgan fingerprint density at radius 1 is 1.00 bits per heavy atom. The number of para-hydroxylation sites is 1. The topological polar surface area (TPSA) is 29.6 Å². The fraction of sp³-hybridized carbons (Fsp3) is 0.111. The molecule has 3 aromatic rings. The first-order chi connectivity index (χ1) is 11.1. The molecule has 2 aromatic carbocycles. The molecule has 0 bridgehead atoms. The van der Waals surface area contributed by atoms with E-state index in [0.717, 1.165) is 31.9 Å². The third-order valence-electron chi connectivity index (χ3n) is 3.20. The van der Waals surface area contributed by atoms with E-state index in [0.29, 0.717) is 0 Å². The van der Waals surface area contributed by atoms with Crippen LogP contribution in [0.15, 0.2) is 74.7 Å². The molecule has 0 aliphatic rings. The Bertz CT molecular complexity index is 886. The monoisotopic (exact) mass is 385 g/mol. The lowest BCUT2D eigenvalue weighted by atomic mass is 10.1. The molecule has 1 aromatic heterocycles. The Morgan fingerprint density at radius 2 is 1.70 bits per heavy atom. The van der Waals surface area contributed by atoms with Crippen molar-refractivity contribution in [1.82, 2.24) is 4.57 Å². The molecular formula is C18H16BrN3S. The van der Waals surface area contributed by atoms with Crippen molar-refractivity contribution in [1.29, 1.82) is 0 Å². The zero-order chi connectivity index (χ0) is 16.2. The predicted octanol–water partition coefficient (Wildman–Crippen LogP) is 5.26. The van der Waals surface area contributed by atoms with Crippen molar-refractivity contribution in [3.05, 3.63) is 69.3 Å². The van der Waals surface area contributed by atoms with Crippen molar-refractivity contribution in [3.63, 3.8) is 0 Å². The lowest BCUT2D eigenvalue weighted by Crippen LogP contribution is -2.13. The van der Waals surface area contributed by atoms with Gasteiger partial charge in [0.25, 0.3) is 0 Å². The summed E-state index contributed by atoms with van der Waals surface area (Å²) in [5, 5.41) is 10.8. The normalized spacial score (nSPS) is 11.5. The number of thiazole rings is 1. The molecule has 0 saturated carbocycles. The molecule has 116 valence electrons. The summed E-state index contributed by atoms with van der Waals surface area (Å²) in [6.45, 7) is 3.89. The highest BCUT2D eigenvalue weighted by Gasteiger charge is 2.09. The smallest absolute Gasteiger partial charge is 0.215 e. The molecule has 0 N–H and O–H groups in total. The van der Waals surface area contributed by atoms with Crippen LogP contribution in [0, 0.1) is 0 Å². The van der Waals surface area contributed by atoms with E-state index in [1.54, 1.807) is 11.3 Å². The van der Waals surface area contributed by atoms with Gasteiger partial charge in [-0.3, -0.25) is 4.57 Å². The summed E-state index contributed by atoms with van der Waals surface area (Å²) in [5.41, 5.74) is 4.26. The van der Waals surface area contributed by atoms with E-state index < -0.39 is 0 Å². The highest BCUT2D eigenvalue weighted by molar-refractivity contribution is 9.10. The van der Waals surface area contributed by atoms with Crippen LogP contribution in [0.1, 0.15) is 13.8 Å². The average molecular weight is 386 g/mol. The van der Waals surface area contributed by atoms with Gasteiger partial charge >= 0.3 is 0 Å². The molecule has 0 unspecified atom stereocenters. The minimum absolute atomic E-state index is 0.857. The molecule has 0 amide bonds. The first-order valence-electron chi connectivity index (χ1n) is 7.22. The molecule has 0 aliphatic carbocycles. The van der Waals surface area contributed by atoms with Gasteiger partial charge in [0, 0.05) is 21.3 Å². The zero-order valence-corrected chi connectivity index (χ0v) is 15.3. The number of aromatic nitrogens is 1. The molecule has 0 saturated heterocycles. The Labute approximate surface area is 147 Å². The van der Waals surface area contributed by atoms with Gasteiger partial charge in [0.2, 0.25) is 4.80 Å². The van der Waals surface area contributed by atoms with Crippen LogP contribution in [0.2, 0.25) is 0 Å². The summed E-state index contributed by atoms with van der Waals surface area (Å²) >= 11 is 5.08. The molecule has 0 spiro atoms. The Hall–Kier alpha value is -1.98. The van der Waals surface area contributed by atoms with Gasteiger partial charge in [-0.15, -0.1) is 16.4 Å². The number of nitrogens with zero attached hydrogens (tertiary/aromatic N) is 3. The van der Waals surface area contributed by atoms with Gasteiger partial charge in [-0.05, 0) is 43.7 Å². The lowest BCUT2D eigenvalue weighted by molar-refractivity contribution is 0.969. The number of halogens is 1. The van der Waals surface area contributed by atoms with Crippen LogP contribution in [0.25, 0.3) is 16.9 Å². The Morgan fingerprint density at radius 3 is 2.35 bits per heavy atom. The predicted molar refractivity (Wildman–Crippen MR) is 101 cm³/mol. The first-order valence-corrected chi connectivity index (χ1v) is 8.89. The average Bonchev–Trinajstić information content (AvgIpc) is 2.98. The SMILES string of the molecule is CC(C)=NN=c1scc(-c2ccc(Br)cc2)n1-c1ccccc1. The number of rotatable bonds is 3. The number of hydrogen-bond donors (Lipinski definition) is 0. The van der Waals surface area contributed by atoms with Gasteiger partial charge in [-0.25, -0.2) is 0 Å². The van der Waals surface area contributed by atoms with Crippen molar-refractivity contribution >= 4 is 33.0 Å². The maximum atomic E-state index is 4.41. The van der Waals surface area contributed by atoms with Gasteiger partial charge in [0.1, 0.15) is 0 Å². The van der Waals surface area contributed by atoms with Crippen molar-refractivity contribution in [2.24, 2.45) is 10.2 Å². The second kappa shape index (κ2) is 7.06. The molecule has 3 nitrogen and oxygen atoms in total. The van der Waals surface area contributed by atoms with Crippen LogP contribution in [0.4, 0.5) is 0 Å². The summed E-state index contributed by atoms with van der Waals surface area (Å²) in [4.78, 5) is 0.857. The summed E-state index contributed by atoms with van der Waals surface area (Å²) in [6, 6.07) is 18.5. The zero-order valence-electron chi connectivity index (χ0n) is 12.9. The molecule has 5 heteroatoms. The molecule has 0 aliphatic heterocycles. The maximum absolute atomic E-state index is 4.41. The van der Waals surface area contributed by atoms with Crippen LogP contribution in [0.5, 0.6) is 0 Å². The third-order valence-corrected chi connectivity index (χ3v) is 4.54. The van der Waals surface area contributed by atoms with Crippen molar-refractivity contribution < 1.29 is 0 Å². The number of hydrogen-bond acceptors (Lipinski definition) is 3. The minimum Gasteiger partial charge on any atom is -0.284 e. The molecule has 0 atom stereocenters. The van der Waals surface area contributed by atoms with Gasteiger partial charge < -0.3 is 0 Å². The summed E-state index contributed by atoms with van der Waals surface area (Å²) in [6.07, 6.45) is 0. The van der Waals surface area contributed by atoms with Gasteiger partial charge in [-0.2, -0.15) is 5.10 Å². The van der Waals surface area contributed by atoms with Crippen LogP contribution in [0.3, 0.4) is 0 Å². The summed E-state index contributed by atoms with van der Waals surface area (Å²) < 4.78 is 3.21. The minimum atomic E-state index is 0.857. The van der Waals surface area contributed by atoms with E-state index in [-0.39, 0.29) is 0 Å². The van der Waals surface area contributed by atoms with Crippen LogP contribution < -0.4 is 4.80 Å². The van der Waals surface area contributed by atoms with E-state index in [9.17, 15) is 0 Å². The first kappa shape index (κ1) is 15.9. The summed E-state index contributed by atoms with van der Waals surface area (Å²) in [7, 11) is 0. The molecular weight excluding hydrogens is 370 g/mol. The third kappa shape index (κ3) is 3.68. The number of benzene rings is 2. The van der Waals surface area contributed by atoms with E-state index in [1.165, 1.54) is 0 Å². The quantitative estimate of drug-likeness (QED) is 0.434. The van der Waals surface area contributed by atoms with Crippen molar-refractivity contribution in [2.45, 2.75) is 13.8 Å². The summed E-state index contributed by atoms with van der Waals surface area (Å²) in [5.74, 6) is 0. The molecule has 1 heterocycles. The fourth-order valence-electron chi connectivity index (χ4n) is 2.17. The highest BCUT2D eigenvalue weighted by Crippen LogP contribution is 2.25. The molecule has 23 heavy (non-hydrogen) atoms. The van der Waals surface area contributed by atoms with E-state index in [4.69, 9.17) is 0 Å². The van der Waals surface area contributed by atoms with Gasteiger partial charge in [0.05, 0.1) is 5.69 Å². The molecule has 0 fully saturated rings. The van der Waals surface area contributed by atoms with Gasteiger partial charge in [0.15, 0.2) is 0 Å². The van der Waals surface area contributed by atoms with Crippen molar-refractivity contribution in [3.8, 4) is 16.9 Å². The standard InChI is InChI=1S/C18H16BrN3S/c1-13(2)20-21-18-22(16-6-4-3-5-7-16)17(12-23-18)14-8-10-15(19)11-9-14/h3-12H,1-2H3. The van der Waals surface area contributed by atoms with Gasteiger partial charge in [-0.1, -0.05) is 46.3 Å². The largest absolute Gasteiger partial charge is 0.284 e. The van der Waals surface area contributed by atoms with E-state index >= 15 is 0 Å². The molecule has 0 radical (unpaired) electrons. The van der Waals surface area contributed by atoms with E-state index in [1.807, 2.05) is 44.2 Å². The van der Waals surface area contributed by atoms with Crippen LogP contribution in [-0.2, 0) is 0 Å². The molecule has 3 rings (SSSR count). The highest BCUT2D eigenvalue weighted by atomic mass is 79.9. The van der Waals surface area contributed by atoms with Crippen LogP contribution in [-0.4, -0.2) is 10.3 Å². The Balaban J connectivity index is 2.23.